The minimum absolute atomic E-state index is 0.0196. The number of hydrogen-bond acceptors (Lipinski definition) is 7. The summed E-state index contributed by atoms with van der Waals surface area (Å²) in [4.78, 5) is 37.7. The monoisotopic (exact) mass is 816 g/mol. The molecule has 0 fully saturated rings. The average Bonchev–Trinajstić information content (AvgIpc) is 3.26. The zero-order valence-electron chi connectivity index (χ0n) is 35.9. The van der Waals surface area contributed by atoms with Crippen LogP contribution in [-0.2, 0) is 33.3 Å². The first-order valence-electron chi connectivity index (χ1n) is 22.3. The fourth-order valence-corrected chi connectivity index (χ4v) is 8.40. The average molecular weight is 817 g/mol. The van der Waals surface area contributed by atoms with Crippen molar-refractivity contribution in [1.29, 1.82) is 0 Å². The molecule has 61 heavy (non-hydrogen) atoms. The molecule has 0 heterocycles. The molecule has 2 aliphatic rings. The third kappa shape index (κ3) is 10.5. The molecule has 0 aliphatic heterocycles. The van der Waals surface area contributed by atoms with Gasteiger partial charge in [0.2, 0.25) is 0 Å². The predicted molar refractivity (Wildman–Crippen MR) is 240 cm³/mol. The fraction of sp³-hybridized carbons (Fsp3) is 0.389. The normalized spacial score (nSPS) is 17.8. The van der Waals surface area contributed by atoms with E-state index in [0.29, 0.717) is 45.1 Å². The largest absolute Gasteiger partial charge is 0.457 e. The maximum atomic E-state index is 12.6. The summed E-state index contributed by atoms with van der Waals surface area (Å²) in [5.74, 6) is 13.1. The molecule has 5 aromatic carbocycles. The van der Waals surface area contributed by atoms with Gasteiger partial charge in [0.15, 0.2) is 0 Å². The maximum Gasteiger partial charge on any atom is 0.306 e. The third-order valence-electron chi connectivity index (χ3n) is 11.5. The number of ether oxygens (including phenoxy) is 4. The van der Waals surface area contributed by atoms with E-state index in [4.69, 9.17) is 18.9 Å². The van der Waals surface area contributed by atoms with Crippen LogP contribution < -0.4 is 0 Å². The Morgan fingerprint density at radius 1 is 0.492 bits per heavy atom. The molecule has 4 unspecified atom stereocenters. The lowest BCUT2D eigenvalue weighted by atomic mass is 9.86. The molecule has 7 rings (SSSR count). The van der Waals surface area contributed by atoms with Crippen LogP contribution in [0, 0.1) is 23.7 Å². The molecule has 0 radical (unpaired) electrons. The SMILES string of the molecule is CCCCOC1CCC(OC(=O)CCC)c2cc(C#Cc3cccc4cc5c(C#Cc6ccc7c(c6)C(OC(=O)CCC)CCC7OC(=O)CCC)cccc5cc34)ccc21. The Labute approximate surface area is 360 Å². The smallest absolute Gasteiger partial charge is 0.306 e. The quantitative estimate of drug-likeness (QED) is 0.0384. The van der Waals surface area contributed by atoms with Crippen molar-refractivity contribution in [3.63, 3.8) is 0 Å². The van der Waals surface area contributed by atoms with Gasteiger partial charge in [0.25, 0.3) is 0 Å². The Morgan fingerprint density at radius 2 is 0.918 bits per heavy atom. The summed E-state index contributed by atoms with van der Waals surface area (Å²) < 4.78 is 24.1. The molecule has 7 heteroatoms. The fourth-order valence-electron chi connectivity index (χ4n) is 8.40. The Kier molecular flexibility index (Phi) is 14.6. The lowest BCUT2D eigenvalue weighted by Gasteiger charge is -2.31. The molecule has 5 aromatic rings. The Balaban J connectivity index is 1.18. The van der Waals surface area contributed by atoms with Gasteiger partial charge in [-0.2, -0.15) is 0 Å². The first kappa shape index (κ1) is 43.2. The minimum Gasteiger partial charge on any atom is -0.457 e. The topological polar surface area (TPSA) is 88.1 Å². The van der Waals surface area contributed by atoms with Gasteiger partial charge >= 0.3 is 17.9 Å². The van der Waals surface area contributed by atoms with Crippen LogP contribution in [0.3, 0.4) is 0 Å². The van der Waals surface area contributed by atoms with Gasteiger partial charge in [0.1, 0.15) is 18.3 Å². The van der Waals surface area contributed by atoms with Gasteiger partial charge in [-0.05, 0) is 138 Å². The highest BCUT2D eigenvalue weighted by Gasteiger charge is 2.33. The van der Waals surface area contributed by atoms with E-state index in [-0.39, 0.29) is 36.2 Å². The summed E-state index contributed by atoms with van der Waals surface area (Å²) in [5, 5.41) is 4.20. The first-order chi connectivity index (χ1) is 29.8. The van der Waals surface area contributed by atoms with Crippen molar-refractivity contribution in [3.8, 4) is 23.7 Å². The number of fused-ring (bicyclic) bond motifs is 4. The van der Waals surface area contributed by atoms with Crippen molar-refractivity contribution in [1.82, 2.24) is 0 Å². The number of esters is 3. The van der Waals surface area contributed by atoms with Gasteiger partial charge in [0, 0.05) is 53.7 Å². The van der Waals surface area contributed by atoms with E-state index in [9.17, 15) is 14.4 Å². The molecule has 0 N–H and O–H groups in total. The van der Waals surface area contributed by atoms with Crippen molar-refractivity contribution >= 4 is 39.5 Å². The Bertz CT molecular complexity index is 2530. The number of benzene rings is 5. The molecule has 0 saturated heterocycles. The van der Waals surface area contributed by atoms with E-state index in [1.807, 2.05) is 69.3 Å². The van der Waals surface area contributed by atoms with Crippen LogP contribution in [0.2, 0.25) is 0 Å². The Morgan fingerprint density at radius 3 is 1.36 bits per heavy atom. The minimum atomic E-state index is -0.417. The second kappa shape index (κ2) is 20.6. The molecular weight excluding hydrogens is 761 g/mol. The van der Waals surface area contributed by atoms with Crippen LogP contribution in [0.1, 0.15) is 174 Å². The molecule has 0 spiro atoms. The lowest BCUT2D eigenvalue weighted by Crippen LogP contribution is -2.22. The zero-order valence-corrected chi connectivity index (χ0v) is 35.9. The van der Waals surface area contributed by atoms with Crippen LogP contribution in [-0.4, -0.2) is 24.5 Å². The van der Waals surface area contributed by atoms with Gasteiger partial charge in [-0.15, -0.1) is 0 Å². The summed E-state index contributed by atoms with van der Waals surface area (Å²) in [5.41, 5.74) is 7.26. The van der Waals surface area contributed by atoms with Crippen LogP contribution in [0.15, 0.2) is 84.9 Å². The number of hydrogen-bond donors (Lipinski definition) is 0. The summed E-state index contributed by atoms with van der Waals surface area (Å²) in [6, 6.07) is 28.8. The first-order valence-corrected chi connectivity index (χ1v) is 22.3. The van der Waals surface area contributed by atoms with Crippen molar-refractivity contribution in [3.05, 3.63) is 129 Å². The number of rotatable bonds is 13. The highest BCUT2D eigenvalue weighted by Crippen LogP contribution is 2.42. The maximum absolute atomic E-state index is 12.6. The molecule has 314 valence electrons. The summed E-state index contributed by atoms with van der Waals surface area (Å²) >= 11 is 0. The number of unbranched alkanes of at least 4 members (excludes halogenated alkanes) is 1. The van der Waals surface area contributed by atoms with Gasteiger partial charge < -0.3 is 18.9 Å². The van der Waals surface area contributed by atoms with Crippen molar-refractivity contribution < 1.29 is 33.3 Å². The molecule has 4 atom stereocenters. The summed E-state index contributed by atoms with van der Waals surface area (Å²) in [7, 11) is 0. The second-order valence-electron chi connectivity index (χ2n) is 16.1. The molecule has 7 nitrogen and oxygen atoms in total. The van der Waals surface area contributed by atoms with Gasteiger partial charge in [-0.25, -0.2) is 0 Å². The third-order valence-corrected chi connectivity index (χ3v) is 11.5. The van der Waals surface area contributed by atoms with E-state index < -0.39 is 6.10 Å². The van der Waals surface area contributed by atoms with E-state index in [0.717, 1.165) is 105 Å². The Hall–Kier alpha value is -5.89. The predicted octanol–water partition coefficient (Wildman–Crippen LogP) is 12.4. The van der Waals surface area contributed by atoms with E-state index in [2.05, 4.69) is 67.0 Å². The van der Waals surface area contributed by atoms with Gasteiger partial charge in [-0.3, -0.25) is 14.4 Å². The highest BCUT2D eigenvalue weighted by molar-refractivity contribution is 6.02. The zero-order chi connectivity index (χ0) is 42.7. The van der Waals surface area contributed by atoms with E-state index in [1.165, 1.54) is 0 Å². The van der Waals surface area contributed by atoms with E-state index in [1.54, 1.807) is 0 Å². The van der Waals surface area contributed by atoms with Crippen LogP contribution in [0.4, 0.5) is 0 Å². The molecule has 2 aliphatic carbocycles. The molecule has 0 bridgehead atoms. The molecule has 0 saturated carbocycles. The number of carbonyl (C=O) groups is 3. The van der Waals surface area contributed by atoms with Crippen LogP contribution in [0.25, 0.3) is 21.5 Å². The number of carbonyl (C=O) groups excluding carboxylic acids is 3. The second-order valence-corrected chi connectivity index (χ2v) is 16.1. The standard InChI is InChI=1S/C54H56O7/c1-5-9-31-58-48-27-28-50(60-53(56)13-7-3)46-32-36(21-25-42(46)48)19-23-38-15-10-17-40-35-45-39(16-11-18-41(45)34-44(38)40)24-20-37-22-26-43-47(33-37)51(61-54(57)14-8-4)30-29-49(43)59-52(55)12-6-2/h10-11,15-18,21-22,25-26,32-35,48-51H,5-9,12-14,27-31H2,1-4H3. The van der Waals surface area contributed by atoms with Gasteiger partial charge in [-0.1, -0.05) is 94.2 Å². The van der Waals surface area contributed by atoms with Crippen molar-refractivity contribution in [2.45, 2.75) is 129 Å². The molecule has 0 amide bonds. The molecule has 0 aromatic heterocycles. The van der Waals surface area contributed by atoms with Gasteiger partial charge in [0.05, 0.1) is 6.10 Å². The highest BCUT2D eigenvalue weighted by atomic mass is 16.6. The molecular formula is C54H56O7. The summed E-state index contributed by atoms with van der Waals surface area (Å²) in [6.07, 6.45) is 6.97. The van der Waals surface area contributed by atoms with Crippen molar-refractivity contribution in [2.75, 3.05) is 6.61 Å². The lowest BCUT2D eigenvalue weighted by molar-refractivity contribution is -0.156. The van der Waals surface area contributed by atoms with Crippen LogP contribution >= 0.6 is 0 Å². The van der Waals surface area contributed by atoms with Crippen LogP contribution in [0.5, 0.6) is 0 Å². The summed E-state index contributed by atoms with van der Waals surface area (Å²) in [6.45, 7) is 8.77. The van der Waals surface area contributed by atoms with Crippen molar-refractivity contribution in [2.24, 2.45) is 0 Å². The van der Waals surface area contributed by atoms with E-state index >= 15 is 0 Å².